The lowest BCUT2D eigenvalue weighted by Gasteiger charge is -2.08. The summed E-state index contributed by atoms with van der Waals surface area (Å²) in [5.41, 5.74) is 0. The lowest BCUT2D eigenvalue weighted by Crippen LogP contribution is -2.12. The highest BCUT2D eigenvalue weighted by Gasteiger charge is 1.93. The predicted molar refractivity (Wildman–Crippen MR) is 86.4 cm³/mol. The average molecular weight is 264 g/mol. The molecule has 3 heteroatoms. The molecule has 0 aromatic rings. The zero-order chi connectivity index (χ0) is 14.8. The zero-order valence-corrected chi connectivity index (χ0v) is 13.5. The van der Waals surface area contributed by atoms with Crippen molar-refractivity contribution in [2.75, 3.05) is 20.6 Å². The summed E-state index contributed by atoms with van der Waals surface area (Å²) in [5, 5.41) is 7.10. The van der Waals surface area contributed by atoms with Crippen LogP contribution < -0.4 is 0 Å². The van der Waals surface area contributed by atoms with Crippen LogP contribution in [0.25, 0.3) is 0 Å². The monoisotopic (exact) mass is 264 g/mol. The zero-order valence-electron chi connectivity index (χ0n) is 13.5. The van der Waals surface area contributed by atoms with E-state index in [2.05, 4.69) is 33.8 Å². The molecule has 0 saturated heterocycles. The Bertz CT molecular complexity index is 188. The molecule has 0 aliphatic heterocycles. The van der Waals surface area contributed by atoms with E-state index in [1.54, 1.807) is 0 Å². The van der Waals surface area contributed by atoms with Gasteiger partial charge in [0.2, 0.25) is 7.85 Å². The smallest absolute Gasteiger partial charge is 0.229 e. The Balaban J connectivity index is 0. The number of hydrogen-bond donors (Lipinski definition) is 0. The number of unbranched alkanes of at least 4 members (excludes halogenated alkanes) is 10. The van der Waals surface area contributed by atoms with E-state index < -0.39 is 0 Å². The van der Waals surface area contributed by atoms with Crippen molar-refractivity contribution in [2.24, 2.45) is 0 Å². The third-order valence-electron chi connectivity index (χ3n) is 3.21. The minimum absolute atomic E-state index is 1.25. The number of nitrogens with zero attached hydrogens (tertiary/aromatic N) is 2. The highest BCUT2D eigenvalue weighted by Crippen LogP contribution is 2.11. The van der Waals surface area contributed by atoms with Crippen LogP contribution in [-0.2, 0) is 0 Å². The van der Waals surface area contributed by atoms with Crippen LogP contribution in [0.5, 0.6) is 0 Å². The lowest BCUT2D eigenvalue weighted by atomic mass is 10.1. The van der Waals surface area contributed by atoms with Crippen LogP contribution in [-0.4, -0.2) is 33.4 Å². The fraction of sp³-hybridized carbons (Fsp3) is 0.938. The SMILES string of the molecule is CCCCCCCCCCCCCN(C)C.[B]C#N. The van der Waals surface area contributed by atoms with E-state index in [0.29, 0.717) is 0 Å². The molecule has 0 amide bonds. The minimum atomic E-state index is 1.25. The Morgan fingerprint density at radius 3 is 1.42 bits per heavy atom. The Labute approximate surface area is 123 Å². The van der Waals surface area contributed by atoms with Gasteiger partial charge in [0.05, 0.1) is 0 Å². The highest BCUT2D eigenvalue weighted by atomic mass is 15.0. The second-order valence-electron chi connectivity index (χ2n) is 5.47. The van der Waals surface area contributed by atoms with E-state index in [1.165, 1.54) is 83.1 Å². The van der Waals surface area contributed by atoms with Crippen molar-refractivity contribution in [1.82, 2.24) is 4.90 Å². The summed E-state index contributed by atoms with van der Waals surface area (Å²) in [4.78, 5) is 2.29. The Morgan fingerprint density at radius 2 is 1.11 bits per heavy atom. The first-order valence-corrected chi connectivity index (χ1v) is 7.93. The quantitative estimate of drug-likeness (QED) is 0.383. The molecular formula is C16H33BN2. The van der Waals surface area contributed by atoms with Crippen molar-refractivity contribution in [3.8, 4) is 5.97 Å². The van der Waals surface area contributed by atoms with Gasteiger partial charge < -0.3 is 4.90 Å². The molecule has 0 rings (SSSR count). The second-order valence-corrected chi connectivity index (χ2v) is 5.47. The van der Waals surface area contributed by atoms with Crippen molar-refractivity contribution in [3.05, 3.63) is 0 Å². The molecule has 0 fully saturated rings. The Morgan fingerprint density at radius 1 is 0.789 bits per heavy atom. The lowest BCUT2D eigenvalue weighted by molar-refractivity contribution is 0.389. The van der Waals surface area contributed by atoms with E-state index in [9.17, 15) is 0 Å². The van der Waals surface area contributed by atoms with Gasteiger partial charge in [0.15, 0.2) is 0 Å². The van der Waals surface area contributed by atoms with Crippen molar-refractivity contribution in [1.29, 1.82) is 5.26 Å². The fourth-order valence-corrected chi connectivity index (χ4v) is 2.09. The highest BCUT2D eigenvalue weighted by molar-refractivity contribution is 6.20. The number of hydrogen-bond acceptors (Lipinski definition) is 2. The second kappa shape index (κ2) is 19.8. The molecule has 0 aliphatic rings. The largest absolute Gasteiger partial charge is 0.309 e. The van der Waals surface area contributed by atoms with E-state index in [0.717, 1.165) is 0 Å². The van der Waals surface area contributed by atoms with Crippen LogP contribution >= 0.6 is 0 Å². The summed E-state index contributed by atoms with van der Waals surface area (Å²) in [6.45, 7) is 3.55. The van der Waals surface area contributed by atoms with Gasteiger partial charge in [-0.1, -0.05) is 71.1 Å². The molecule has 0 bridgehead atoms. The van der Waals surface area contributed by atoms with Crippen LogP contribution in [0.4, 0.5) is 0 Å². The van der Waals surface area contributed by atoms with Crippen molar-refractivity contribution >= 4 is 7.85 Å². The van der Waals surface area contributed by atoms with Crippen LogP contribution in [0.2, 0.25) is 0 Å². The Kier molecular flexibility index (Phi) is 21.8. The van der Waals surface area contributed by atoms with Crippen molar-refractivity contribution in [3.63, 3.8) is 0 Å². The fourth-order valence-electron chi connectivity index (χ4n) is 2.09. The minimum Gasteiger partial charge on any atom is -0.309 e. The van der Waals surface area contributed by atoms with Gasteiger partial charge in [0, 0.05) is 0 Å². The molecule has 0 spiro atoms. The summed E-state index contributed by atoms with van der Waals surface area (Å²) < 4.78 is 0. The maximum atomic E-state index is 7.10. The van der Waals surface area contributed by atoms with Crippen LogP contribution in [0.1, 0.15) is 77.6 Å². The normalized spacial score (nSPS) is 9.84. The molecule has 0 unspecified atom stereocenters. The molecule has 0 saturated carbocycles. The summed E-state index contributed by atoms with van der Waals surface area (Å²) in [5.74, 6) is 1.25. The average Bonchev–Trinajstić information content (AvgIpc) is 2.36. The predicted octanol–water partition coefficient (Wildman–Crippen LogP) is 4.49. The van der Waals surface area contributed by atoms with Gasteiger partial charge in [-0.05, 0) is 33.0 Å². The third-order valence-corrected chi connectivity index (χ3v) is 3.21. The van der Waals surface area contributed by atoms with Crippen molar-refractivity contribution in [2.45, 2.75) is 77.6 Å². The topological polar surface area (TPSA) is 27.0 Å². The van der Waals surface area contributed by atoms with Gasteiger partial charge >= 0.3 is 0 Å². The van der Waals surface area contributed by atoms with Gasteiger partial charge in [-0.15, -0.1) is 0 Å². The molecule has 0 aliphatic carbocycles. The van der Waals surface area contributed by atoms with Crippen LogP contribution in [0.3, 0.4) is 0 Å². The van der Waals surface area contributed by atoms with Crippen LogP contribution in [0, 0.1) is 11.2 Å². The first kappa shape index (κ1) is 20.8. The molecule has 19 heavy (non-hydrogen) atoms. The van der Waals surface area contributed by atoms with Gasteiger partial charge in [-0.3, -0.25) is 0 Å². The molecule has 0 aromatic carbocycles. The standard InChI is InChI=1S/C15H33N.CBN/c1-4-5-6-7-8-9-10-11-12-13-14-15-16(2)3;2-1-3/h4-15H2,1-3H3;. The van der Waals surface area contributed by atoms with Gasteiger partial charge in [0.1, 0.15) is 0 Å². The summed E-state index contributed by atoms with van der Waals surface area (Å²) in [6.07, 6.45) is 15.8. The van der Waals surface area contributed by atoms with Gasteiger partial charge in [-0.25, -0.2) is 5.26 Å². The van der Waals surface area contributed by atoms with Crippen molar-refractivity contribution < 1.29 is 0 Å². The molecule has 0 aromatic heterocycles. The molecular weight excluding hydrogens is 231 g/mol. The van der Waals surface area contributed by atoms with Crippen LogP contribution in [0.15, 0.2) is 0 Å². The summed E-state index contributed by atoms with van der Waals surface area (Å²) in [6, 6.07) is 0. The van der Waals surface area contributed by atoms with E-state index >= 15 is 0 Å². The molecule has 2 nitrogen and oxygen atoms in total. The molecule has 0 N–H and O–H groups in total. The van der Waals surface area contributed by atoms with E-state index in [4.69, 9.17) is 5.26 Å². The first-order valence-electron chi connectivity index (χ1n) is 7.93. The third kappa shape index (κ3) is 26.9. The molecule has 110 valence electrons. The summed E-state index contributed by atoms with van der Waals surface area (Å²) in [7, 11) is 8.48. The summed E-state index contributed by atoms with van der Waals surface area (Å²) >= 11 is 0. The van der Waals surface area contributed by atoms with Gasteiger partial charge in [0.25, 0.3) is 0 Å². The number of nitriles is 1. The maximum Gasteiger partial charge on any atom is 0.229 e. The van der Waals surface area contributed by atoms with Gasteiger partial charge in [-0.2, -0.15) is 0 Å². The molecule has 0 heterocycles. The Hall–Kier alpha value is -0.485. The number of rotatable bonds is 12. The molecule has 0 atom stereocenters. The maximum absolute atomic E-state index is 7.10. The van der Waals surface area contributed by atoms with E-state index in [1.807, 2.05) is 0 Å². The van der Waals surface area contributed by atoms with E-state index in [-0.39, 0.29) is 0 Å². The first-order chi connectivity index (χ1) is 9.18. The molecule has 2 radical (unpaired) electrons.